The van der Waals surface area contributed by atoms with Gasteiger partial charge in [-0.3, -0.25) is 0 Å². The largest absolute Gasteiger partial charge is 0.283 e. The van der Waals surface area contributed by atoms with Crippen LogP contribution in [0, 0.1) is 0 Å². The lowest BCUT2D eigenvalue weighted by atomic mass is 10.1. The molecule has 0 aliphatic carbocycles. The predicted molar refractivity (Wildman–Crippen MR) is 50.8 cm³/mol. The molecule has 1 aromatic carbocycles. The molecule has 0 aromatic heterocycles. The molecule has 0 saturated heterocycles. The molecule has 0 N–H and O–H groups in total. The van der Waals surface area contributed by atoms with Crippen LogP contribution < -0.4 is 0 Å². The average molecular weight is 216 g/mol. The highest BCUT2D eigenvalue weighted by Crippen LogP contribution is 2.31. The molecule has 0 unspecified atom stereocenters. The first kappa shape index (κ1) is 8.72. The number of halogens is 1. The standard InChI is InChI=1S/C8H6ClNO2S/c1-5-8-6(9)3-2-4-7(8)13(11,12)10-5/h2-4H,1H3. The Balaban J connectivity index is 2.90. The monoisotopic (exact) mass is 215 g/mol. The minimum atomic E-state index is -3.47. The van der Waals surface area contributed by atoms with Gasteiger partial charge < -0.3 is 0 Å². The van der Waals surface area contributed by atoms with Crippen LogP contribution in [0.5, 0.6) is 0 Å². The molecule has 68 valence electrons. The van der Waals surface area contributed by atoms with Gasteiger partial charge in [-0.2, -0.15) is 12.8 Å². The van der Waals surface area contributed by atoms with E-state index in [0.717, 1.165) is 0 Å². The predicted octanol–water partition coefficient (Wildman–Crippen LogP) is 1.85. The van der Waals surface area contributed by atoms with Crippen LogP contribution in [0.2, 0.25) is 5.02 Å². The maximum Gasteiger partial charge on any atom is 0.283 e. The van der Waals surface area contributed by atoms with Gasteiger partial charge in [-0.25, -0.2) is 0 Å². The summed E-state index contributed by atoms with van der Waals surface area (Å²) in [5, 5.41) is 0.430. The van der Waals surface area contributed by atoms with Crippen molar-refractivity contribution in [3.05, 3.63) is 28.8 Å². The molecule has 0 atom stereocenters. The Morgan fingerprint density at radius 1 is 1.38 bits per heavy atom. The number of sulfonamides is 1. The SMILES string of the molecule is CC1=NS(=O)(=O)c2cccc(Cl)c21. The molecule has 0 radical (unpaired) electrons. The number of nitrogens with zero attached hydrogens (tertiary/aromatic N) is 1. The summed E-state index contributed by atoms with van der Waals surface area (Å²) >= 11 is 5.85. The molecule has 3 nitrogen and oxygen atoms in total. The second-order valence-corrected chi connectivity index (χ2v) is 4.74. The van der Waals surface area contributed by atoms with Crippen LogP contribution in [-0.2, 0) is 10.0 Å². The molecule has 0 spiro atoms. The van der Waals surface area contributed by atoms with E-state index in [1.807, 2.05) is 0 Å². The van der Waals surface area contributed by atoms with E-state index in [4.69, 9.17) is 11.6 Å². The van der Waals surface area contributed by atoms with Gasteiger partial charge in [0.15, 0.2) is 0 Å². The van der Waals surface area contributed by atoms with Gasteiger partial charge in [0.2, 0.25) is 0 Å². The minimum absolute atomic E-state index is 0.206. The first-order valence-electron chi connectivity index (χ1n) is 3.63. The highest BCUT2D eigenvalue weighted by Gasteiger charge is 2.27. The molecule has 0 amide bonds. The molecule has 0 bridgehead atoms. The molecule has 5 heteroatoms. The van der Waals surface area contributed by atoms with Gasteiger partial charge in [0, 0.05) is 5.56 Å². The lowest BCUT2D eigenvalue weighted by molar-refractivity contribution is 0.599. The van der Waals surface area contributed by atoms with Crippen LogP contribution in [0.3, 0.4) is 0 Å². The summed E-state index contributed by atoms with van der Waals surface area (Å²) in [6.07, 6.45) is 0. The van der Waals surface area contributed by atoms with Gasteiger partial charge in [-0.05, 0) is 19.1 Å². The van der Waals surface area contributed by atoms with Crippen molar-refractivity contribution in [2.75, 3.05) is 0 Å². The first-order valence-corrected chi connectivity index (χ1v) is 5.44. The highest BCUT2D eigenvalue weighted by atomic mass is 35.5. The summed E-state index contributed by atoms with van der Waals surface area (Å²) in [6, 6.07) is 4.77. The third kappa shape index (κ3) is 1.17. The third-order valence-electron chi connectivity index (χ3n) is 1.87. The zero-order chi connectivity index (χ0) is 9.64. The quantitative estimate of drug-likeness (QED) is 0.663. The van der Waals surface area contributed by atoms with Gasteiger partial charge in [-0.1, -0.05) is 17.7 Å². The number of hydrogen-bond acceptors (Lipinski definition) is 2. The number of rotatable bonds is 0. The maximum atomic E-state index is 11.4. The number of hydrogen-bond donors (Lipinski definition) is 0. The summed E-state index contributed by atoms with van der Waals surface area (Å²) in [7, 11) is -3.47. The van der Waals surface area contributed by atoms with Crippen molar-refractivity contribution >= 4 is 27.3 Å². The van der Waals surface area contributed by atoms with Crippen LogP contribution in [0.25, 0.3) is 0 Å². The molecule has 0 fully saturated rings. The Morgan fingerprint density at radius 3 is 2.69 bits per heavy atom. The number of fused-ring (bicyclic) bond motifs is 1. The second-order valence-electron chi connectivity index (χ2n) is 2.76. The molecule has 1 aliphatic heterocycles. The van der Waals surface area contributed by atoms with Crippen molar-refractivity contribution in [3.63, 3.8) is 0 Å². The minimum Gasteiger partial charge on any atom is -0.199 e. The van der Waals surface area contributed by atoms with Gasteiger partial charge in [0.25, 0.3) is 10.0 Å². The van der Waals surface area contributed by atoms with Crippen LogP contribution in [0.15, 0.2) is 27.5 Å². The highest BCUT2D eigenvalue weighted by molar-refractivity contribution is 7.90. The van der Waals surface area contributed by atoms with E-state index < -0.39 is 10.0 Å². The van der Waals surface area contributed by atoms with Crippen LogP contribution in [0.1, 0.15) is 12.5 Å². The van der Waals surface area contributed by atoms with Crippen LogP contribution >= 0.6 is 11.6 Å². The van der Waals surface area contributed by atoms with E-state index in [2.05, 4.69) is 4.40 Å². The second kappa shape index (κ2) is 2.56. The van der Waals surface area contributed by atoms with Crippen molar-refractivity contribution in [1.29, 1.82) is 0 Å². The maximum absolute atomic E-state index is 11.4. The fraction of sp³-hybridized carbons (Fsp3) is 0.125. The summed E-state index contributed by atoms with van der Waals surface area (Å²) in [6.45, 7) is 1.63. The van der Waals surface area contributed by atoms with E-state index in [-0.39, 0.29) is 4.90 Å². The smallest absolute Gasteiger partial charge is 0.199 e. The van der Waals surface area contributed by atoms with Crippen LogP contribution in [0.4, 0.5) is 0 Å². The average Bonchev–Trinajstić information content (AvgIpc) is 2.24. The summed E-state index contributed by atoms with van der Waals surface area (Å²) in [5.41, 5.74) is 0.991. The van der Waals surface area contributed by atoms with Crippen molar-refractivity contribution in [3.8, 4) is 0 Å². The lowest BCUT2D eigenvalue weighted by Crippen LogP contribution is -1.94. The number of benzene rings is 1. The van der Waals surface area contributed by atoms with Crippen molar-refractivity contribution in [2.45, 2.75) is 11.8 Å². The third-order valence-corrected chi connectivity index (χ3v) is 3.60. The zero-order valence-electron chi connectivity index (χ0n) is 6.78. The molecule has 13 heavy (non-hydrogen) atoms. The van der Waals surface area contributed by atoms with Crippen molar-refractivity contribution in [1.82, 2.24) is 0 Å². The Hall–Kier alpha value is -0.870. The molecular weight excluding hydrogens is 210 g/mol. The molecule has 2 rings (SSSR count). The molecule has 1 aromatic rings. The Labute approximate surface area is 81.1 Å². The van der Waals surface area contributed by atoms with Crippen LogP contribution in [-0.4, -0.2) is 14.1 Å². The Morgan fingerprint density at radius 2 is 2.08 bits per heavy atom. The molecule has 0 saturated carbocycles. The first-order chi connectivity index (χ1) is 6.02. The molecular formula is C8H6ClNO2S. The van der Waals surface area contributed by atoms with Crippen molar-refractivity contribution < 1.29 is 8.42 Å². The normalized spacial score (nSPS) is 18.2. The van der Waals surface area contributed by atoms with Gasteiger partial charge in [-0.15, -0.1) is 0 Å². The Bertz CT molecular complexity index is 505. The van der Waals surface area contributed by atoms with E-state index in [1.165, 1.54) is 6.07 Å². The summed E-state index contributed by atoms with van der Waals surface area (Å²) in [5.74, 6) is 0. The van der Waals surface area contributed by atoms with Gasteiger partial charge in [0.05, 0.1) is 15.6 Å². The van der Waals surface area contributed by atoms with E-state index in [1.54, 1.807) is 19.1 Å². The molecule has 1 aliphatic rings. The molecule has 1 heterocycles. The lowest BCUT2D eigenvalue weighted by Gasteiger charge is -1.98. The topological polar surface area (TPSA) is 46.5 Å². The van der Waals surface area contributed by atoms with Gasteiger partial charge in [0.1, 0.15) is 0 Å². The fourth-order valence-electron chi connectivity index (χ4n) is 1.35. The van der Waals surface area contributed by atoms with Crippen molar-refractivity contribution in [2.24, 2.45) is 4.40 Å². The van der Waals surface area contributed by atoms with E-state index in [0.29, 0.717) is 16.3 Å². The van der Waals surface area contributed by atoms with Gasteiger partial charge >= 0.3 is 0 Å². The Kier molecular flexibility index (Phi) is 1.72. The van der Waals surface area contributed by atoms with E-state index >= 15 is 0 Å². The van der Waals surface area contributed by atoms with E-state index in [9.17, 15) is 8.42 Å². The summed E-state index contributed by atoms with van der Waals surface area (Å²) in [4.78, 5) is 0.206. The zero-order valence-corrected chi connectivity index (χ0v) is 8.35. The fourth-order valence-corrected chi connectivity index (χ4v) is 3.03. The summed E-state index contributed by atoms with van der Waals surface area (Å²) < 4.78 is 26.3.